The number of fused-ring (bicyclic) bond motifs is 1. The molecule has 0 fully saturated rings. The number of carbonyl (C=O) groups is 1. The van der Waals surface area contributed by atoms with E-state index in [0.29, 0.717) is 0 Å². The fourth-order valence-corrected chi connectivity index (χ4v) is 2.77. The van der Waals surface area contributed by atoms with Crippen LogP contribution in [-0.2, 0) is 6.42 Å². The molecular weight excluding hydrogens is 296 g/mol. The molecule has 0 bridgehead atoms. The summed E-state index contributed by atoms with van der Waals surface area (Å²) in [7, 11) is 1.87. The molecule has 1 atom stereocenters. The number of halogens is 1. The zero-order chi connectivity index (χ0) is 14.8. The van der Waals surface area contributed by atoms with Crippen molar-refractivity contribution in [2.45, 2.75) is 19.4 Å². The number of anilines is 1. The third-order valence-corrected chi connectivity index (χ3v) is 4.25. The van der Waals surface area contributed by atoms with Gasteiger partial charge in [0, 0.05) is 24.8 Å². The van der Waals surface area contributed by atoms with E-state index in [-0.39, 0.29) is 24.4 Å². The van der Waals surface area contributed by atoms with Crippen molar-refractivity contribution in [2.24, 2.45) is 0 Å². The monoisotopic (exact) mass is 316 g/mol. The van der Waals surface area contributed by atoms with Crippen molar-refractivity contribution in [3.05, 3.63) is 65.2 Å². The summed E-state index contributed by atoms with van der Waals surface area (Å²) in [6, 6.07) is 16.1. The fraction of sp³-hybridized carbons (Fsp3) is 0.278. The van der Waals surface area contributed by atoms with E-state index >= 15 is 0 Å². The van der Waals surface area contributed by atoms with E-state index in [0.717, 1.165) is 29.8 Å². The van der Waals surface area contributed by atoms with Gasteiger partial charge in [-0.05, 0) is 42.7 Å². The van der Waals surface area contributed by atoms with E-state index in [2.05, 4.69) is 24.4 Å². The first-order chi connectivity index (χ1) is 10.2. The Morgan fingerprint density at radius 3 is 2.64 bits per heavy atom. The normalized spacial score (nSPS) is 13.5. The molecule has 0 saturated heterocycles. The van der Waals surface area contributed by atoms with Crippen LogP contribution >= 0.6 is 12.4 Å². The highest BCUT2D eigenvalue weighted by molar-refractivity contribution is 5.95. The summed E-state index contributed by atoms with van der Waals surface area (Å²) in [5.41, 5.74) is 4.31. The molecular formula is C18H21ClN2O. The molecule has 0 spiro atoms. The highest BCUT2D eigenvalue weighted by Crippen LogP contribution is 2.25. The summed E-state index contributed by atoms with van der Waals surface area (Å²) in [6.07, 6.45) is 0.994. The number of nitrogens with zero attached hydrogens (tertiary/aromatic N) is 1. The Labute approximate surface area is 137 Å². The number of benzene rings is 2. The molecule has 1 N–H and O–H groups in total. The number of amides is 1. The Balaban J connectivity index is 0.00000176. The molecule has 116 valence electrons. The Morgan fingerprint density at radius 1 is 1.18 bits per heavy atom. The van der Waals surface area contributed by atoms with E-state index in [9.17, 15) is 4.79 Å². The van der Waals surface area contributed by atoms with Crippen molar-refractivity contribution in [2.75, 3.05) is 18.9 Å². The maximum Gasteiger partial charge on any atom is 0.254 e. The van der Waals surface area contributed by atoms with E-state index in [1.165, 1.54) is 5.56 Å². The summed E-state index contributed by atoms with van der Waals surface area (Å²) in [5, 5.41) is 3.32. The predicted octanol–water partition coefficient (Wildman–Crippen LogP) is 3.91. The van der Waals surface area contributed by atoms with Crippen molar-refractivity contribution in [3.8, 4) is 0 Å². The zero-order valence-electron chi connectivity index (χ0n) is 12.9. The Hall–Kier alpha value is -2.00. The van der Waals surface area contributed by atoms with Crippen molar-refractivity contribution in [1.29, 1.82) is 0 Å². The minimum absolute atomic E-state index is 0. The Kier molecular flexibility index (Phi) is 5.09. The lowest BCUT2D eigenvalue weighted by molar-refractivity contribution is 0.0742. The van der Waals surface area contributed by atoms with Crippen LogP contribution in [-0.4, -0.2) is 24.4 Å². The molecule has 1 aliphatic heterocycles. The van der Waals surface area contributed by atoms with Crippen LogP contribution < -0.4 is 5.32 Å². The average molecular weight is 317 g/mol. The van der Waals surface area contributed by atoms with E-state index < -0.39 is 0 Å². The third kappa shape index (κ3) is 3.09. The van der Waals surface area contributed by atoms with E-state index in [1.807, 2.05) is 43.4 Å². The van der Waals surface area contributed by atoms with Crippen LogP contribution in [0.15, 0.2) is 48.5 Å². The first kappa shape index (κ1) is 16.4. The van der Waals surface area contributed by atoms with Crippen molar-refractivity contribution < 1.29 is 4.79 Å². The lowest BCUT2D eigenvalue weighted by Crippen LogP contribution is -2.29. The second-order valence-corrected chi connectivity index (χ2v) is 5.55. The average Bonchev–Trinajstić information content (AvgIpc) is 3.01. The largest absolute Gasteiger partial charge is 0.384 e. The van der Waals surface area contributed by atoms with Gasteiger partial charge in [0.1, 0.15) is 0 Å². The molecule has 2 aromatic rings. The SMILES string of the molecule is CC(c1ccccc1)N(C)C(=O)c1ccc2c(c1)CCN2.Cl. The molecule has 3 nitrogen and oxygen atoms in total. The van der Waals surface area contributed by atoms with Gasteiger partial charge in [0.25, 0.3) is 5.91 Å². The second kappa shape index (κ2) is 6.84. The first-order valence-electron chi connectivity index (χ1n) is 7.35. The fourth-order valence-electron chi connectivity index (χ4n) is 2.77. The number of rotatable bonds is 3. The van der Waals surface area contributed by atoms with Crippen LogP contribution in [0.4, 0.5) is 5.69 Å². The van der Waals surface area contributed by atoms with Crippen LogP contribution in [0.3, 0.4) is 0 Å². The second-order valence-electron chi connectivity index (χ2n) is 5.55. The van der Waals surface area contributed by atoms with Gasteiger partial charge in [-0.3, -0.25) is 4.79 Å². The third-order valence-electron chi connectivity index (χ3n) is 4.25. The number of hydrogen-bond acceptors (Lipinski definition) is 2. The molecule has 1 unspecified atom stereocenters. The quantitative estimate of drug-likeness (QED) is 0.931. The van der Waals surface area contributed by atoms with Gasteiger partial charge in [-0.1, -0.05) is 30.3 Å². The standard InChI is InChI=1S/C18H20N2O.ClH/c1-13(14-6-4-3-5-7-14)20(2)18(21)16-8-9-17-15(12-16)10-11-19-17;/h3-9,12-13,19H,10-11H2,1-2H3;1H. The van der Waals surface area contributed by atoms with Crippen molar-refractivity contribution in [3.63, 3.8) is 0 Å². The summed E-state index contributed by atoms with van der Waals surface area (Å²) >= 11 is 0. The number of nitrogens with one attached hydrogen (secondary N) is 1. The Morgan fingerprint density at radius 2 is 1.91 bits per heavy atom. The van der Waals surface area contributed by atoms with Gasteiger partial charge in [0.05, 0.1) is 6.04 Å². The first-order valence-corrected chi connectivity index (χ1v) is 7.35. The molecule has 0 radical (unpaired) electrons. The van der Waals surface area contributed by atoms with E-state index in [4.69, 9.17) is 0 Å². The van der Waals surface area contributed by atoms with Gasteiger partial charge in [-0.25, -0.2) is 0 Å². The molecule has 1 amide bonds. The smallest absolute Gasteiger partial charge is 0.254 e. The molecule has 1 aliphatic rings. The minimum atomic E-state index is 0. The molecule has 2 aromatic carbocycles. The molecule has 22 heavy (non-hydrogen) atoms. The molecule has 1 heterocycles. The highest BCUT2D eigenvalue weighted by atomic mass is 35.5. The molecule has 4 heteroatoms. The summed E-state index contributed by atoms with van der Waals surface area (Å²) in [4.78, 5) is 14.5. The van der Waals surface area contributed by atoms with Gasteiger partial charge in [-0.2, -0.15) is 0 Å². The number of hydrogen-bond donors (Lipinski definition) is 1. The topological polar surface area (TPSA) is 32.3 Å². The minimum Gasteiger partial charge on any atom is -0.384 e. The zero-order valence-corrected chi connectivity index (χ0v) is 13.7. The van der Waals surface area contributed by atoms with Crippen LogP contribution in [0.1, 0.15) is 34.5 Å². The predicted molar refractivity (Wildman–Crippen MR) is 92.8 cm³/mol. The summed E-state index contributed by atoms with van der Waals surface area (Å²) in [5.74, 6) is 0.0704. The van der Waals surface area contributed by atoms with Crippen molar-refractivity contribution >= 4 is 24.0 Å². The van der Waals surface area contributed by atoms with Crippen LogP contribution in [0.25, 0.3) is 0 Å². The molecule has 0 saturated carbocycles. The van der Waals surface area contributed by atoms with Gasteiger partial charge >= 0.3 is 0 Å². The summed E-state index contributed by atoms with van der Waals surface area (Å²) < 4.78 is 0. The van der Waals surface area contributed by atoms with Crippen molar-refractivity contribution in [1.82, 2.24) is 4.90 Å². The maximum absolute atomic E-state index is 12.7. The van der Waals surface area contributed by atoms with Crippen LogP contribution in [0, 0.1) is 0 Å². The van der Waals surface area contributed by atoms with Gasteiger partial charge in [0.2, 0.25) is 0 Å². The molecule has 0 aliphatic carbocycles. The van der Waals surface area contributed by atoms with Gasteiger partial charge < -0.3 is 10.2 Å². The molecule has 3 rings (SSSR count). The maximum atomic E-state index is 12.7. The number of carbonyl (C=O) groups excluding carboxylic acids is 1. The van der Waals surface area contributed by atoms with Crippen LogP contribution in [0.2, 0.25) is 0 Å². The summed E-state index contributed by atoms with van der Waals surface area (Å²) in [6.45, 7) is 3.02. The lowest BCUT2D eigenvalue weighted by Gasteiger charge is -2.25. The highest BCUT2D eigenvalue weighted by Gasteiger charge is 2.20. The van der Waals surface area contributed by atoms with Crippen LogP contribution in [0.5, 0.6) is 0 Å². The van der Waals surface area contributed by atoms with Gasteiger partial charge in [-0.15, -0.1) is 12.4 Å². The molecule has 0 aromatic heterocycles. The Bertz CT molecular complexity index is 657. The van der Waals surface area contributed by atoms with Gasteiger partial charge in [0.15, 0.2) is 0 Å². The van der Waals surface area contributed by atoms with E-state index in [1.54, 1.807) is 4.90 Å². The lowest BCUT2D eigenvalue weighted by atomic mass is 10.0.